The topological polar surface area (TPSA) is 15.3 Å². The van der Waals surface area contributed by atoms with E-state index < -0.39 is 0 Å². The van der Waals surface area contributed by atoms with E-state index in [9.17, 15) is 0 Å². The lowest BCUT2D eigenvalue weighted by molar-refractivity contribution is 0.246. The van der Waals surface area contributed by atoms with Gasteiger partial charge in [0.2, 0.25) is 0 Å². The number of hydrogen-bond donors (Lipinski definition) is 1. The minimum Gasteiger partial charge on any atom is -0.314 e. The molecule has 2 nitrogen and oxygen atoms in total. The molecular formula is C16H25BrN2. The van der Waals surface area contributed by atoms with Gasteiger partial charge in [-0.25, -0.2) is 0 Å². The molecule has 1 N–H and O–H groups in total. The number of nitrogens with one attached hydrogen (secondary N) is 1. The molecule has 1 aliphatic rings. The Hall–Kier alpha value is -0.380. The summed E-state index contributed by atoms with van der Waals surface area (Å²) in [5.74, 6) is 0.820. The van der Waals surface area contributed by atoms with Crippen LogP contribution >= 0.6 is 15.9 Å². The van der Waals surface area contributed by atoms with Crippen molar-refractivity contribution in [3.63, 3.8) is 0 Å². The Morgan fingerprint density at radius 3 is 2.68 bits per heavy atom. The van der Waals surface area contributed by atoms with E-state index in [4.69, 9.17) is 0 Å². The molecule has 0 heterocycles. The van der Waals surface area contributed by atoms with Crippen LogP contribution in [0.15, 0.2) is 28.7 Å². The highest BCUT2D eigenvalue weighted by molar-refractivity contribution is 9.10. The zero-order chi connectivity index (χ0) is 13.7. The van der Waals surface area contributed by atoms with Crippen LogP contribution in [0, 0.1) is 5.92 Å². The Morgan fingerprint density at radius 2 is 2.00 bits per heavy atom. The lowest BCUT2D eigenvalue weighted by Crippen LogP contribution is -2.37. The predicted octanol–water partition coefficient (Wildman–Crippen LogP) is 3.66. The molecule has 0 amide bonds. The first kappa shape index (κ1) is 15.0. The van der Waals surface area contributed by atoms with Crippen molar-refractivity contribution in [2.24, 2.45) is 5.92 Å². The van der Waals surface area contributed by atoms with Crippen LogP contribution in [-0.4, -0.2) is 31.1 Å². The summed E-state index contributed by atoms with van der Waals surface area (Å²) in [6.07, 6.45) is 4.11. The summed E-state index contributed by atoms with van der Waals surface area (Å²) in [7, 11) is 2.24. The van der Waals surface area contributed by atoms with Gasteiger partial charge >= 0.3 is 0 Å². The van der Waals surface area contributed by atoms with Crippen LogP contribution < -0.4 is 5.32 Å². The maximum atomic E-state index is 3.64. The van der Waals surface area contributed by atoms with Crippen molar-refractivity contribution in [3.8, 4) is 0 Å². The standard InChI is InChI=1S/C16H25BrN2/c1-3-18-16-6-4-5-14(16)12-19(2)11-13-7-9-15(17)10-8-13/h7-10,14,16,18H,3-6,11-12H2,1-2H3. The Bertz CT molecular complexity index is 377. The predicted molar refractivity (Wildman–Crippen MR) is 85.3 cm³/mol. The van der Waals surface area contributed by atoms with Gasteiger partial charge in [0.15, 0.2) is 0 Å². The summed E-state index contributed by atoms with van der Waals surface area (Å²) in [6.45, 7) is 5.55. The average molecular weight is 325 g/mol. The third-order valence-electron chi connectivity index (χ3n) is 4.04. The fraction of sp³-hybridized carbons (Fsp3) is 0.625. The Morgan fingerprint density at radius 1 is 1.26 bits per heavy atom. The first-order chi connectivity index (χ1) is 9.19. The van der Waals surface area contributed by atoms with Crippen molar-refractivity contribution < 1.29 is 0 Å². The summed E-state index contributed by atoms with van der Waals surface area (Å²) in [5.41, 5.74) is 1.39. The smallest absolute Gasteiger partial charge is 0.0230 e. The second-order valence-corrected chi connectivity index (χ2v) is 6.59. The minimum atomic E-state index is 0.734. The molecule has 0 aromatic heterocycles. The van der Waals surface area contributed by atoms with Crippen LogP contribution in [0.2, 0.25) is 0 Å². The van der Waals surface area contributed by atoms with Crippen molar-refractivity contribution in [2.75, 3.05) is 20.1 Å². The zero-order valence-corrected chi connectivity index (χ0v) is 13.6. The third kappa shape index (κ3) is 4.59. The van der Waals surface area contributed by atoms with Crippen LogP contribution in [0.25, 0.3) is 0 Å². The second-order valence-electron chi connectivity index (χ2n) is 5.68. The van der Waals surface area contributed by atoms with E-state index in [-0.39, 0.29) is 0 Å². The Balaban J connectivity index is 1.83. The van der Waals surface area contributed by atoms with Crippen molar-refractivity contribution >= 4 is 15.9 Å². The van der Waals surface area contributed by atoms with Gasteiger partial charge in [-0.05, 0) is 50.0 Å². The maximum Gasteiger partial charge on any atom is 0.0230 e. The molecule has 2 unspecified atom stereocenters. The molecule has 0 spiro atoms. The minimum absolute atomic E-state index is 0.734. The van der Waals surface area contributed by atoms with E-state index in [0.717, 1.165) is 29.5 Å². The van der Waals surface area contributed by atoms with E-state index in [2.05, 4.69) is 64.4 Å². The number of hydrogen-bond acceptors (Lipinski definition) is 2. The SMILES string of the molecule is CCNC1CCCC1CN(C)Cc1ccc(Br)cc1. The van der Waals surface area contributed by atoms with Crippen molar-refractivity contribution in [1.29, 1.82) is 0 Å². The zero-order valence-electron chi connectivity index (χ0n) is 12.0. The fourth-order valence-corrected chi connectivity index (χ4v) is 3.42. The number of halogens is 1. The normalized spacial score (nSPS) is 23.2. The summed E-state index contributed by atoms with van der Waals surface area (Å²) >= 11 is 3.49. The van der Waals surface area contributed by atoms with E-state index in [1.807, 2.05) is 0 Å². The number of benzene rings is 1. The van der Waals surface area contributed by atoms with Crippen molar-refractivity contribution in [3.05, 3.63) is 34.3 Å². The maximum absolute atomic E-state index is 3.64. The van der Waals surface area contributed by atoms with Crippen molar-refractivity contribution in [1.82, 2.24) is 10.2 Å². The molecule has 0 saturated heterocycles. The first-order valence-electron chi connectivity index (χ1n) is 7.35. The molecule has 2 rings (SSSR count). The Kier molecular flexibility index (Phi) is 5.86. The molecule has 3 heteroatoms. The summed E-state index contributed by atoms with van der Waals surface area (Å²) in [5, 5.41) is 3.64. The van der Waals surface area contributed by atoms with Gasteiger partial charge in [-0.1, -0.05) is 41.4 Å². The summed E-state index contributed by atoms with van der Waals surface area (Å²) in [4.78, 5) is 2.46. The van der Waals surface area contributed by atoms with Gasteiger partial charge in [-0.3, -0.25) is 0 Å². The monoisotopic (exact) mass is 324 g/mol. The molecule has 19 heavy (non-hydrogen) atoms. The lowest BCUT2D eigenvalue weighted by atomic mass is 10.0. The number of nitrogens with zero attached hydrogens (tertiary/aromatic N) is 1. The quantitative estimate of drug-likeness (QED) is 0.859. The fourth-order valence-electron chi connectivity index (χ4n) is 3.15. The van der Waals surface area contributed by atoms with Crippen LogP contribution in [-0.2, 0) is 6.54 Å². The molecule has 1 aromatic rings. The van der Waals surface area contributed by atoms with Crippen LogP contribution in [0.5, 0.6) is 0 Å². The van der Waals surface area contributed by atoms with Crippen LogP contribution in [0.1, 0.15) is 31.7 Å². The van der Waals surface area contributed by atoms with Gasteiger partial charge in [0.05, 0.1) is 0 Å². The van der Waals surface area contributed by atoms with Crippen LogP contribution in [0.3, 0.4) is 0 Å². The highest BCUT2D eigenvalue weighted by Crippen LogP contribution is 2.26. The third-order valence-corrected chi connectivity index (χ3v) is 4.57. The molecule has 0 radical (unpaired) electrons. The van der Waals surface area contributed by atoms with E-state index >= 15 is 0 Å². The number of rotatable bonds is 6. The van der Waals surface area contributed by atoms with E-state index in [1.165, 1.54) is 31.4 Å². The van der Waals surface area contributed by atoms with E-state index in [0.29, 0.717) is 0 Å². The largest absolute Gasteiger partial charge is 0.314 e. The van der Waals surface area contributed by atoms with Gasteiger partial charge in [0.1, 0.15) is 0 Å². The van der Waals surface area contributed by atoms with Gasteiger partial charge in [0.25, 0.3) is 0 Å². The first-order valence-corrected chi connectivity index (χ1v) is 8.14. The summed E-state index contributed by atoms with van der Waals surface area (Å²) in [6, 6.07) is 9.39. The molecule has 106 valence electrons. The summed E-state index contributed by atoms with van der Waals surface area (Å²) < 4.78 is 1.15. The molecule has 0 bridgehead atoms. The molecule has 1 fully saturated rings. The van der Waals surface area contributed by atoms with Gasteiger partial charge in [-0.15, -0.1) is 0 Å². The van der Waals surface area contributed by atoms with Crippen LogP contribution in [0.4, 0.5) is 0 Å². The molecule has 1 aromatic carbocycles. The highest BCUT2D eigenvalue weighted by atomic mass is 79.9. The molecule has 0 aliphatic heterocycles. The van der Waals surface area contributed by atoms with Gasteiger partial charge in [-0.2, -0.15) is 0 Å². The van der Waals surface area contributed by atoms with Crippen molar-refractivity contribution in [2.45, 2.75) is 38.8 Å². The van der Waals surface area contributed by atoms with Gasteiger partial charge in [0, 0.05) is 23.6 Å². The highest BCUT2D eigenvalue weighted by Gasteiger charge is 2.27. The average Bonchev–Trinajstić information content (AvgIpc) is 2.80. The molecule has 2 atom stereocenters. The van der Waals surface area contributed by atoms with E-state index in [1.54, 1.807) is 0 Å². The van der Waals surface area contributed by atoms with Gasteiger partial charge < -0.3 is 10.2 Å². The molecule has 1 saturated carbocycles. The second kappa shape index (κ2) is 7.41. The molecular weight excluding hydrogens is 300 g/mol. The lowest BCUT2D eigenvalue weighted by Gasteiger charge is -2.26. The molecule has 1 aliphatic carbocycles. The Labute approximate surface area is 125 Å².